The Balaban J connectivity index is 1.47. The first-order chi connectivity index (χ1) is 13.9. The van der Waals surface area contributed by atoms with Crippen LogP contribution in [0.4, 0.5) is 5.82 Å². The smallest absolute Gasteiger partial charge is 0.333 e. The van der Waals surface area contributed by atoms with Crippen molar-refractivity contribution in [1.29, 1.82) is 0 Å². The van der Waals surface area contributed by atoms with Gasteiger partial charge in [-0.1, -0.05) is 23.7 Å². The maximum atomic E-state index is 11.0. The van der Waals surface area contributed by atoms with Crippen LogP contribution in [0.5, 0.6) is 0 Å². The van der Waals surface area contributed by atoms with Crippen LogP contribution in [-0.2, 0) is 21.0 Å². The number of benzene rings is 1. The van der Waals surface area contributed by atoms with Gasteiger partial charge in [-0.3, -0.25) is 4.18 Å². The molecule has 0 radical (unpaired) electrons. The van der Waals surface area contributed by atoms with Gasteiger partial charge in [0.2, 0.25) is 0 Å². The van der Waals surface area contributed by atoms with Gasteiger partial charge >= 0.3 is 10.3 Å². The highest BCUT2D eigenvalue weighted by Gasteiger charge is 2.28. The summed E-state index contributed by atoms with van der Waals surface area (Å²) in [6.07, 6.45) is 5.80. The Labute approximate surface area is 173 Å². The molecule has 3 N–H and O–H groups in total. The number of nitrogens with one attached hydrogen (secondary N) is 1. The molecule has 3 aromatic rings. The summed E-state index contributed by atoms with van der Waals surface area (Å²) in [4.78, 5) is 13.2. The first-order valence-corrected chi connectivity index (χ1v) is 11.1. The highest BCUT2D eigenvalue weighted by Crippen LogP contribution is 2.36. The topological polar surface area (TPSA) is 125 Å². The normalized spacial score (nSPS) is 19.7. The van der Waals surface area contributed by atoms with E-state index in [0.29, 0.717) is 22.9 Å². The van der Waals surface area contributed by atoms with Crippen LogP contribution in [0.25, 0.3) is 11.2 Å². The molecule has 0 spiro atoms. The van der Waals surface area contributed by atoms with Crippen molar-refractivity contribution in [1.82, 2.24) is 19.5 Å². The number of imidazole rings is 1. The molecule has 1 aromatic carbocycles. The first kappa shape index (κ1) is 20.0. The molecule has 0 unspecified atom stereocenters. The second-order valence-corrected chi connectivity index (χ2v) is 8.79. The van der Waals surface area contributed by atoms with Gasteiger partial charge in [0.1, 0.15) is 11.8 Å². The van der Waals surface area contributed by atoms with Crippen molar-refractivity contribution in [3.63, 3.8) is 0 Å². The molecule has 29 heavy (non-hydrogen) atoms. The van der Waals surface area contributed by atoms with Crippen LogP contribution in [0, 0.1) is 5.92 Å². The van der Waals surface area contributed by atoms with Gasteiger partial charge in [0.05, 0.1) is 12.9 Å². The Kier molecular flexibility index (Phi) is 5.68. The summed E-state index contributed by atoms with van der Waals surface area (Å²) >= 11 is 5.93. The number of anilines is 1. The summed E-state index contributed by atoms with van der Waals surface area (Å²) in [5.41, 5.74) is 2.52. The first-order valence-electron chi connectivity index (χ1n) is 9.22. The minimum absolute atomic E-state index is 0.102. The molecular weight excluding hydrogens is 416 g/mol. The Morgan fingerprint density at radius 1 is 1.21 bits per heavy atom. The van der Waals surface area contributed by atoms with Crippen LogP contribution in [0.3, 0.4) is 0 Å². The highest BCUT2D eigenvalue weighted by atomic mass is 35.5. The molecule has 0 saturated heterocycles. The third-order valence-corrected chi connectivity index (χ3v) is 5.82. The average molecular weight is 437 g/mol. The summed E-state index contributed by atoms with van der Waals surface area (Å²) in [6.45, 7) is 0.692. The Hall–Kier alpha value is -2.27. The molecule has 1 saturated carbocycles. The number of aromatic nitrogens is 4. The minimum atomic E-state index is -3.91. The van der Waals surface area contributed by atoms with E-state index in [1.165, 1.54) is 6.33 Å². The van der Waals surface area contributed by atoms with E-state index >= 15 is 0 Å². The lowest BCUT2D eigenvalue weighted by atomic mass is 10.1. The van der Waals surface area contributed by atoms with E-state index in [-0.39, 0.29) is 18.6 Å². The van der Waals surface area contributed by atoms with Crippen molar-refractivity contribution >= 4 is 38.9 Å². The highest BCUT2D eigenvalue weighted by molar-refractivity contribution is 7.84. The van der Waals surface area contributed by atoms with Gasteiger partial charge in [-0.05, 0) is 42.9 Å². The van der Waals surface area contributed by atoms with E-state index < -0.39 is 10.3 Å². The molecule has 2 atom stereocenters. The Bertz CT molecular complexity index is 1100. The Morgan fingerprint density at radius 2 is 2.00 bits per heavy atom. The monoisotopic (exact) mass is 436 g/mol. The second-order valence-electron chi connectivity index (χ2n) is 7.14. The van der Waals surface area contributed by atoms with Gasteiger partial charge in [0, 0.05) is 17.6 Å². The van der Waals surface area contributed by atoms with E-state index in [4.69, 9.17) is 20.9 Å². The Morgan fingerprint density at radius 3 is 2.76 bits per heavy atom. The average Bonchev–Trinajstić information content (AvgIpc) is 3.32. The van der Waals surface area contributed by atoms with Crippen LogP contribution in [-0.4, -0.2) is 34.5 Å². The zero-order valence-corrected chi connectivity index (χ0v) is 17.1. The molecule has 11 heteroatoms. The van der Waals surface area contributed by atoms with Crippen molar-refractivity contribution in [3.8, 4) is 0 Å². The van der Waals surface area contributed by atoms with Crippen molar-refractivity contribution in [2.75, 3.05) is 11.9 Å². The molecule has 2 heterocycles. The lowest BCUT2D eigenvalue weighted by molar-refractivity contribution is 0.253. The SMILES string of the molecule is NS(=O)(=O)OC[C@H]1CC[C@H](n2cnc3c(NCc4ccc(Cl)cc4)ncnc32)C1. The molecule has 1 aliphatic carbocycles. The number of hydrogen-bond acceptors (Lipinski definition) is 7. The van der Waals surface area contributed by atoms with Gasteiger partial charge in [0.15, 0.2) is 11.5 Å². The third-order valence-electron chi connectivity index (χ3n) is 5.11. The van der Waals surface area contributed by atoms with Crippen molar-refractivity contribution in [2.45, 2.75) is 31.8 Å². The summed E-state index contributed by atoms with van der Waals surface area (Å²) in [6, 6.07) is 7.77. The molecule has 2 aromatic heterocycles. The van der Waals surface area contributed by atoms with Crippen LogP contribution < -0.4 is 10.5 Å². The zero-order valence-electron chi connectivity index (χ0n) is 15.5. The fraction of sp³-hybridized carbons (Fsp3) is 0.389. The third kappa shape index (κ3) is 4.84. The van der Waals surface area contributed by atoms with Crippen molar-refractivity contribution in [3.05, 3.63) is 47.5 Å². The molecule has 1 aliphatic rings. The fourth-order valence-electron chi connectivity index (χ4n) is 3.68. The number of nitrogens with zero attached hydrogens (tertiary/aromatic N) is 4. The molecule has 1 fully saturated rings. The fourth-order valence-corrected chi connectivity index (χ4v) is 4.19. The zero-order chi connectivity index (χ0) is 20.4. The largest absolute Gasteiger partial charge is 0.364 e. The summed E-state index contributed by atoms with van der Waals surface area (Å²) in [5.74, 6) is 0.788. The van der Waals surface area contributed by atoms with Gasteiger partial charge in [-0.2, -0.15) is 8.42 Å². The van der Waals surface area contributed by atoms with E-state index in [9.17, 15) is 8.42 Å². The molecule has 154 valence electrons. The molecule has 0 aliphatic heterocycles. The molecule has 4 rings (SSSR count). The van der Waals surface area contributed by atoms with Crippen molar-refractivity contribution < 1.29 is 12.6 Å². The summed E-state index contributed by atoms with van der Waals surface area (Å²) in [5, 5.41) is 8.91. The van der Waals surface area contributed by atoms with Gasteiger partial charge in [-0.15, -0.1) is 0 Å². The lowest BCUT2D eigenvalue weighted by Gasteiger charge is -2.13. The standard InChI is InChI=1S/C18H21ClN6O3S/c19-14-4-1-12(2-5-14)8-21-17-16-18(23-10-22-17)25(11-24-16)15-6-3-13(7-15)9-28-29(20,26)27/h1-2,4-5,10-11,13,15H,3,6-9H2,(H2,20,26,27)(H,21,22,23)/t13-,15-/m0/s1. The minimum Gasteiger partial charge on any atom is -0.364 e. The molecule has 0 amide bonds. The number of hydrogen-bond donors (Lipinski definition) is 2. The van der Waals surface area contributed by atoms with Gasteiger partial charge in [-0.25, -0.2) is 20.1 Å². The number of nitrogens with two attached hydrogens (primary N) is 1. The summed E-state index contributed by atoms with van der Waals surface area (Å²) < 4.78 is 28.8. The van der Waals surface area contributed by atoms with Crippen LogP contribution in [0.15, 0.2) is 36.9 Å². The van der Waals surface area contributed by atoms with Crippen LogP contribution in [0.2, 0.25) is 5.02 Å². The van der Waals surface area contributed by atoms with E-state index in [1.54, 1.807) is 6.33 Å². The second kappa shape index (κ2) is 8.23. The maximum absolute atomic E-state index is 11.0. The molecule has 9 nitrogen and oxygen atoms in total. The van der Waals surface area contributed by atoms with Crippen molar-refractivity contribution in [2.24, 2.45) is 11.1 Å². The van der Waals surface area contributed by atoms with Gasteiger partial charge in [0.25, 0.3) is 0 Å². The van der Waals surface area contributed by atoms with E-state index in [1.807, 2.05) is 28.8 Å². The maximum Gasteiger partial charge on any atom is 0.333 e. The van der Waals surface area contributed by atoms with Crippen LogP contribution in [0.1, 0.15) is 30.9 Å². The van der Waals surface area contributed by atoms with E-state index in [0.717, 1.165) is 30.5 Å². The lowest BCUT2D eigenvalue weighted by Crippen LogP contribution is -2.19. The number of halogens is 1. The molecule has 0 bridgehead atoms. The predicted molar refractivity (Wildman–Crippen MR) is 110 cm³/mol. The van der Waals surface area contributed by atoms with Gasteiger partial charge < -0.3 is 9.88 Å². The predicted octanol–water partition coefficient (Wildman–Crippen LogP) is 2.65. The number of rotatable bonds is 7. The molecular formula is C18H21ClN6O3S. The van der Waals surface area contributed by atoms with E-state index in [2.05, 4.69) is 20.3 Å². The number of fused-ring (bicyclic) bond motifs is 1. The van der Waals surface area contributed by atoms with Crippen LogP contribution >= 0.6 is 11.6 Å². The quantitative estimate of drug-likeness (QED) is 0.583. The summed E-state index contributed by atoms with van der Waals surface area (Å²) in [7, 11) is -3.91.